The van der Waals surface area contributed by atoms with E-state index in [1.165, 1.54) is 0 Å². The van der Waals surface area contributed by atoms with Crippen LogP contribution in [0.4, 0.5) is 0 Å². The van der Waals surface area contributed by atoms with E-state index in [1.54, 1.807) is 0 Å². The highest BCUT2D eigenvalue weighted by molar-refractivity contribution is 9.09. The van der Waals surface area contributed by atoms with Gasteiger partial charge in [0.25, 0.3) is 0 Å². The fraction of sp³-hybridized carbons (Fsp3) is 1.00. The highest BCUT2D eigenvalue weighted by Crippen LogP contribution is 2.24. The molecule has 1 aliphatic heterocycles. The number of hydrogen-bond acceptors (Lipinski definition) is 5. The maximum atomic E-state index is 9.27. The Kier molecular flexibility index (Phi) is 3.45. The van der Waals surface area contributed by atoms with Crippen molar-refractivity contribution in [3.8, 4) is 0 Å². The van der Waals surface area contributed by atoms with Gasteiger partial charge in [-0.1, -0.05) is 15.9 Å². The van der Waals surface area contributed by atoms with Crippen molar-refractivity contribution in [3.05, 3.63) is 0 Å². The minimum Gasteiger partial charge on any atom is -0.394 e. The first-order valence-electron chi connectivity index (χ1n) is 3.52. The normalized spacial score (nSPS) is 49.2. The van der Waals surface area contributed by atoms with Crippen molar-refractivity contribution in [2.24, 2.45) is 0 Å². The van der Waals surface area contributed by atoms with Crippen molar-refractivity contribution < 1.29 is 25.2 Å². The molecule has 0 aromatic carbocycles. The lowest BCUT2D eigenvalue weighted by Crippen LogP contribution is -2.56. The molecule has 1 rings (SSSR count). The topological polar surface area (TPSA) is 90.2 Å². The maximum absolute atomic E-state index is 9.27. The van der Waals surface area contributed by atoms with Crippen molar-refractivity contribution in [2.75, 3.05) is 6.61 Å². The Morgan fingerprint density at radius 3 is 2.25 bits per heavy atom. The summed E-state index contributed by atoms with van der Waals surface area (Å²) in [5, 5.41) is 36.3. The summed E-state index contributed by atoms with van der Waals surface area (Å²) >= 11 is 2.95. The summed E-state index contributed by atoms with van der Waals surface area (Å²) in [5.74, 6) is 0. The van der Waals surface area contributed by atoms with Gasteiger partial charge in [-0.25, -0.2) is 0 Å². The second-order valence-corrected chi connectivity index (χ2v) is 3.73. The summed E-state index contributed by atoms with van der Waals surface area (Å²) in [5.41, 5.74) is 0. The Morgan fingerprint density at radius 2 is 1.75 bits per heavy atom. The zero-order chi connectivity index (χ0) is 9.30. The van der Waals surface area contributed by atoms with Crippen LogP contribution in [0.3, 0.4) is 0 Å². The Morgan fingerprint density at radius 1 is 1.17 bits per heavy atom. The lowest BCUT2D eigenvalue weighted by molar-refractivity contribution is -0.233. The molecular weight excluding hydrogens is 232 g/mol. The van der Waals surface area contributed by atoms with E-state index in [9.17, 15) is 10.2 Å². The number of hydrogen-bond donors (Lipinski definition) is 4. The first kappa shape index (κ1) is 10.4. The molecule has 1 unspecified atom stereocenters. The Bertz CT molecular complexity index is 150. The van der Waals surface area contributed by atoms with Crippen LogP contribution in [0.1, 0.15) is 0 Å². The summed E-state index contributed by atoms with van der Waals surface area (Å²) in [4.78, 5) is -0.727. The maximum Gasteiger partial charge on any atom is 0.170 e. The Hall–Kier alpha value is 0.280. The van der Waals surface area contributed by atoms with Crippen LogP contribution in [0, 0.1) is 0 Å². The smallest absolute Gasteiger partial charge is 0.170 e. The van der Waals surface area contributed by atoms with Crippen molar-refractivity contribution in [1.29, 1.82) is 0 Å². The minimum atomic E-state index is -1.21. The Balaban J connectivity index is 2.63. The van der Waals surface area contributed by atoms with E-state index in [1.807, 2.05) is 0 Å². The molecule has 12 heavy (non-hydrogen) atoms. The van der Waals surface area contributed by atoms with Gasteiger partial charge >= 0.3 is 0 Å². The van der Waals surface area contributed by atoms with Gasteiger partial charge in [0, 0.05) is 0 Å². The molecule has 6 heteroatoms. The first-order chi connectivity index (χ1) is 5.57. The van der Waals surface area contributed by atoms with E-state index in [-0.39, 0.29) is 0 Å². The lowest BCUT2D eigenvalue weighted by atomic mass is 10.0. The highest BCUT2D eigenvalue weighted by Gasteiger charge is 2.42. The van der Waals surface area contributed by atoms with Crippen LogP contribution in [0.5, 0.6) is 0 Å². The third kappa shape index (κ3) is 1.78. The van der Waals surface area contributed by atoms with Crippen molar-refractivity contribution >= 4 is 15.9 Å². The van der Waals surface area contributed by atoms with Gasteiger partial charge in [0.1, 0.15) is 12.2 Å². The predicted molar refractivity (Wildman–Crippen MR) is 42.7 cm³/mol. The molecule has 1 aliphatic rings. The molecule has 0 bridgehead atoms. The lowest BCUT2D eigenvalue weighted by Gasteiger charge is -2.37. The third-order valence-electron chi connectivity index (χ3n) is 1.82. The van der Waals surface area contributed by atoms with Gasteiger partial charge in [-0.15, -0.1) is 0 Å². The van der Waals surface area contributed by atoms with Crippen LogP contribution >= 0.6 is 15.9 Å². The number of aliphatic hydroxyl groups excluding tert-OH is 4. The van der Waals surface area contributed by atoms with E-state index < -0.39 is 36.0 Å². The molecule has 5 atom stereocenters. The molecule has 1 heterocycles. The van der Waals surface area contributed by atoms with E-state index in [2.05, 4.69) is 15.9 Å². The average molecular weight is 243 g/mol. The van der Waals surface area contributed by atoms with Crippen LogP contribution in [0.2, 0.25) is 0 Å². The second kappa shape index (κ2) is 3.99. The molecular formula is C6H11BrO5. The summed E-state index contributed by atoms with van der Waals surface area (Å²) in [7, 11) is 0. The molecule has 0 saturated carbocycles. The zero-order valence-electron chi connectivity index (χ0n) is 6.17. The molecule has 0 aliphatic carbocycles. The zero-order valence-corrected chi connectivity index (χ0v) is 7.75. The van der Waals surface area contributed by atoms with Crippen LogP contribution in [-0.2, 0) is 4.74 Å². The van der Waals surface area contributed by atoms with Gasteiger partial charge in [-0.2, -0.15) is 0 Å². The van der Waals surface area contributed by atoms with Gasteiger partial charge < -0.3 is 25.2 Å². The van der Waals surface area contributed by atoms with E-state index in [0.717, 1.165) is 0 Å². The molecule has 5 nitrogen and oxygen atoms in total. The molecule has 0 radical (unpaired) electrons. The highest BCUT2D eigenvalue weighted by atomic mass is 79.9. The van der Waals surface area contributed by atoms with Gasteiger partial charge in [-0.3, -0.25) is 0 Å². The average Bonchev–Trinajstić information content (AvgIpc) is 2.08. The summed E-state index contributed by atoms with van der Waals surface area (Å²) in [6.45, 7) is -0.436. The summed E-state index contributed by atoms with van der Waals surface area (Å²) in [6.07, 6.45) is -4.45. The van der Waals surface area contributed by atoms with Gasteiger partial charge in [0.15, 0.2) is 6.29 Å². The molecule has 0 spiro atoms. The number of alkyl halides is 1. The van der Waals surface area contributed by atoms with E-state index in [0.29, 0.717) is 0 Å². The second-order valence-electron chi connectivity index (χ2n) is 2.67. The minimum absolute atomic E-state index is 0.436. The van der Waals surface area contributed by atoms with E-state index >= 15 is 0 Å². The third-order valence-corrected chi connectivity index (χ3v) is 2.82. The molecule has 0 aromatic heterocycles. The number of ether oxygens (including phenoxy) is 1. The van der Waals surface area contributed by atoms with Gasteiger partial charge in [0.2, 0.25) is 0 Å². The van der Waals surface area contributed by atoms with Gasteiger partial charge in [0.05, 0.1) is 17.5 Å². The summed E-state index contributed by atoms with van der Waals surface area (Å²) in [6, 6.07) is 0. The van der Waals surface area contributed by atoms with Crippen molar-refractivity contribution in [3.63, 3.8) is 0 Å². The predicted octanol–water partition coefficient (Wildman–Crippen LogP) is -1.82. The fourth-order valence-electron chi connectivity index (χ4n) is 1.06. The van der Waals surface area contributed by atoms with Crippen LogP contribution < -0.4 is 0 Å². The summed E-state index contributed by atoms with van der Waals surface area (Å²) < 4.78 is 4.78. The van der Waals surface area contributed by atoms with Crippen molar-refractivity contribution in [2.45, 2.75) is 29.4 Å². The van der Waals surface area contributed by atoms with Gasteiger partial charge in [-0.05, 0) is 0 Å². The largest absolute Gasteiger partial charge is 0.394 e. The standard InChI is InChI=1S/C6H11BrO5/c7-3-5(10)4(9)2(1-8)12-6(3)11/h2-6,8-11H,1H2/t2-,3-,4-,5-,6?/m1/s1. The van der Waals surface area contributed by atoms with Crippen LogP contribution in [0.25, 0.3) is 0 Å². The first-order valence-corrected chi connectivity index (χ1v) is 4.44. The monoisotopic (exact) mass is 242 g/mol. The van der Waals surface area contributed by atoms with E-state index in [4.69, 9.17) is 14.9 Å². The molecule has 1 fully saturated rings. The molecule has 4 N–H and O–H groups in total. The molecule has 72 valence electrons. The van der Waals surface area contributed by atoms with Crippen molar-refractivity contribution in [1.82, 2.24) is 0 Å². The van der Waals surface area contributed by atoms with Crippen LogP contribution in [-0.4, -0.2) is 56.5 Å². The number of halogens is 1. The number of rotatable bonds is 1. The van der Waals surface area contributed by atoms with Crippen LogP contribution in [0.15, 0.2) is 0 Å². The molecule has 1 saturated heterocycles. The Labute approximate surface area is 77.7 Å². The fourth-order valence-corrected chi connectivity index (χ4v) is 1.50. The molecule has 0 amide bonds. The molecule has 0 aromatic rings. The number of aliphatic hydroxyl groups is 4. The quantitative estimate of drug-likeness (QED) is 0.407. The SMILES string of the molecule is OC[C@H]1OC(O)[C@H](Br)[C@@H](O)[C@@H]1O.